The van der Waals surface area contributed by atoms with Gasteiger partial charge in [-0.15, -0.1) is 0 Å². The molecule has 2 aromatic carbocycles. The van der Waals surface area contributed by atoms with E-state index in [0.29, 0.717) is 10.6 Å². The molecular formula is C13H8Cl2FNO. The number of hydrogen-bond acceptors (Lipinski definition) is 1. The number of amides is 1. The number of rotatable bonds is 2. The topological polar surface area (TPSA) is 29.1 Å². The second-order valence-electron chi connectivity index (χ2n) is 3.56. The summed E-state index contributed by atoms with van der Waals surface area (Å²) in [5.74, 6) is -0.940. The van der Waals surface area contributed by atoms with Crippen molar-refractivity contribution in [3.63, 3.8) is 0 Å². The van der Waals surface area contributed by atoms with Crippen molar-refractivity contribution in [3.8, 4) is 0 Å². The molecule has 0 heterocycles. The average Bonchev–Trinajstić information content (AvgIpc) is 2.35. The molecule has 0 aromatic heterocycles. The van der Waals surface area contributed by atoms with Crippen molar-refractivity contribution >= 4 is 34.8 Å². The molecule has 0 atom stereocenters. The Hall–Kier alpha value is -1.58. The number of hydrogen-bond donors (Lipinski definition) is 1. The Bertz CT molecular complexity index is 601. The van der Waals surface area contributed by atoms with Crippen LogP contribution in [0.15, 0.2) is 42.5 Å². The quantitative estimate of drug-likeness (QED) is 0.870. The molecule has 0 aliphatic carbocycles. The van der Waals surface area contributed by atoms with Crippen LogP contribution in [-0.2, 0) is 0 Å². The molecule has 0 fully saturated rings. The summed E-state index contributed by atoms with van der Waals surface area (Å²) in [5.41, 5.74) is 0.432. The highest BCUT2D eigenvalue weighted by atomic mass is 35.5. The molecule has 0 radical (unpaired) electrons. The van der Waals surface area contributed by atoms with E-state index in [1.807, 2.05) is 0 Å². The highest BCUT2D eigenvalue weighted by molar-refractivity contribution is 6.42. The fraction of sp³-hybridized carbons (Fsp3) is 0. The van der Waals surface area contributed by atoms with Crippen molar-refractivity contribution in [1.29, 1.82) is 0 Å². The Labute approximate surface area is 113 Å². The molecule has 0 aliphatic rings. The summed E-state index contributed by atoms with van der Waals surface area (Å²) in [4.78, 5) is 11.9. The van der Waals surface area contributed by atoms with Crippen LogP contribution in [-0.4, -0.2) is 5.91 Å². The Morgan fingerprint density at radius 3 is 2.44 bits per heavy atom. The molecule has 0 saturated carbocycles. The molecule has 0 saturated heterocycles. The average molecular weight is 284 g/mol. The van der Waals surface area contributed by atoms with E-state index in [4.69, 9.17) is 23.2 Å². The van der Waals surface area contributed by atoms with Crippen LogP contribution in [0, 0.1) is 5.82 Å². The Morgan fingerprint density at radius 1 is 1.06 bits per heavy atom. The third kappa shape index (κ3) is 2.81. The molecule has 5 heteroatoms. The molecular weight excluding hydrogens is 276 g/mol. The lowest BCUT2D eigenvalue weighted by atomic mass is 10.2. The van der Waals surface area contributed by atoms with Gasteiger partial charge in [-0.1, -0.05) is 35.3 Å². The van der Waals surface area contributed by atoms with Gasteiger partial charge in [0.2, 0.25) is 0 Å². The summed E-state index contributed by atoms with van der Waals surface area (Å²) in [5, 5.41) is 3.09. The zero-order valence-electron chi connectivity index (χ0n) is 9.08. The summed E-state index contributed by atoms with van der Waals surface area (Å²) in [6.07, 6.45) is 0. The lowest BCUT2D eigenvalue weighted by molar-refractivity contribution is 0.102. The standard InChI is InChI=1S/C13H8Cl2FNO/c14-9-6-5-8(7-10(9)15)13(18)17-12-4-2-1-3-11(12)16/h1-7H,(H,17,18). The van der Waals surface area contributed by atoms with Crippen LogP contribution < -0.4 is 5.32 Å². The monoisotopic (exact) mass is 283 g/mol. The van der Waals surface area contributed by atoms with E-state index < -0.39 is 11.7 Å². The largest absolute Gasteiger partial charge is 0.319 e. The minimum absolute atomic E-state index is 0.119. The number of anilines is 1. The highest BCUT2D eigenvalue weighted by Gasteiger charge is 2.10. The fourth-order valence-electron chi connectivity index (χ4n) is 1.39. The van der Waals surface area contributed by atoms with Crippen molar-refractivity contribution in [2.45, 2.75) is 0 Å². The van der Waals surface area contributed by atoms with E-state index in [2.05, 4.69) is 5.32 Å². The van der Waals surface area contributed by atoms with E-state index in [9.17, 15) is 9.18 Å². The molecule has 1 N–H and O–H groups in total. The van der Waals surface area contributed by atoms with E-state index in [1.165, 1.54) is 30.3 Å². The maximum atomic E-state index is 13.3. The zero-order valence-corrected chi connectivity index (χ0v) is 10.6. The van der Waals surface area contributed by atoms with Gasteiger partial charge in [0.15, 0.2) is 0 Å². The van der Waals surface area contributed by atoms with Crippen LogP contribution in [0.25, 0.3) is 0 Å². The van der Waals surface area contributed by atoms with Gasteiger partial charge in [-0.05, 0) is 30.3 Å². The van der Waals surface area contributed by atoms with E-state index in [0.717, 1.165) is 0 Å². The molecule has 0 unspecified atom stereocenters. The van der Waals surface area contributed by atoms with Crippen LogP contribution in [0.2, 0.25) is 10.0 Å². The second kappa shape index (κ2) is 5.38. The van der Waals surface area contributed by atoms with Crippen LogP contribution >= 0.6 is 23.2 Å². The zero-order chi connectivity index (χ0) is 13.1. The Morgan fingerprint density at radius 2 is 1.78 bits per heavy atom. The van der Waals surface area contributed by atoms with Crippen molar-refractivity contribution in [2.24, 2.45) is 0 Å². The SMILES string of the molecule is O=C(Nc1ccccc1F)c1ccc(Cl)c(Cl)c1. The van der Waals surface area contributed by atoms with Crippen molar-refractivity contribution < 1.29 is 9.18 Å². The van der Waals surface area contributed by atoms with Gasteiger partial charge in [0.25, 0.3) is 5.91 Å². The van der Waals surface area contributed by atoms with Gasteiger partial charge in [0.1, 0.15) is 5.82 Å². The summed E-state index contributed by atoms with van der Waals surface area (Å²) < 4.78 is 13.3. The third-order valence-electron chi connectivity index (χ3n) is 2.30. The Kier molecular flexibility index (Phi) is 3.84. The van der Waals surface area contributed by atoms with Gasteiger partial charge in [0.05, 0.1) is 15.7 Å². The van der Waals surface area contributed by atoms with Gasteiger partial charge in [-0.3, -0.25) is 4.79 Å². The van der Waals surface area contributed by atoms with Gasteiger partial charge in [-0.25, -0.2) is 4.39 Å². The minimum atomic E-state index is -0.495. The third-order valence-corrected chi connectivity index (χ3v) is 3.04. The molecule has 92 valence electrons. The minimum Gasteiger partial charge on any atom is -0.319 e. The molecule has 0 bridgehead atoms. The van der Waals surface area contributed by atoms with E-state index in [-0.39, 0.29) is 10.7 Å². The van der Waals surface area contributed by atoms with Gasteiger partial charge >= 0.3 is 0 Å². The van der Waals surface area contributed by atoms with Crippen molar-refractivity contribution in [3.05, 3.63) is 63.9 Å². The molecule has 0 spiro atoms. The predicted molar refractivity (Wildman–Crippen MR) is 70.8 cm³/mol. The summed E-state index contributed by atoms with van der Waals surface area (Å²) in [7, 11) is 0. The summed E-state index contributed by atoms with van der Waals surface area (Å²) in [6.45, 7) is 0. The van der Waals surface area contributed by atoms with Gasteiger partial charge in [0, 0.05) is 5.56 Å². The first kappa shape index (κ1) is 12.9. The smallest absolute Gasteiger partial charge is 0.255 e. The number of halogens is 3. The summed E-state index contributed by atoms with van der Waals surface area (Å²) in [6, 6.07) is 10.4. The van der Waals surface area contributed by atoms with Crippen molar-refractivity contribution in [2.75, 3.05) is 5.32 Å². The van der Waals surface area contributed by atoms with Crippen LogP contribution in [0.5, 0.6) is 0 Å². The first-order chi connectivity index (χ1) is 8.58. The maximum Gasteiger partial charge on any atom is 0.255 e. The fourth-order valence-corrected chi connectivity index (χ4v) is 1.69. The van der Waals surface area contributed by atoms with Crippen LogP contribution in [0.4, 0.5) is 10.1 Å². The molecule has 18 heavy (non-hydrogen) atoms. The molecule has 0 aliphatic heterocycles. The van der Waals surface area contributed by atoms with Crippen LogP contribution in [0.1, 0.15) is 10.4 Å². The normalized spacial score (nSPS) is 10.2. The summed E-state index contributed by atoms with van der Waals surface area (Å²) >= 11 is 11.6. The lowest BCUT2D eigenvalue weighted by Gasteiger charge is -2.06. The lowest BCUT2D eigenvalue weighted by Crippen LogP contribution is -2.12. The number of carbonyl (C=O) groups excluding carboxylic acids is 1. The maximum absolute atomic E-state index is 13.3. The first-order valence-corrected chi connectivity index (χ1v) is 5.84. The van der Waals surface area contributed by atoms with Crippen LogP contribution in [0.3, 0.4) is 0 Å². The first-order valence-electron chi connectivity index (χ1n) is 5.09. The van der Waals surface area contributed by atoms with Gasteiger partial charge < -0.3 is 5.32 Å². The number of para-hydroxylation sites is 1. The number of carbonyl (C=O) groups is 1. The number of nitrogens with one attached hydrogen (secondary N) is 1. The van der Waals surface area contributed by atoms with Crippen molar-refractivity contribution in [1.82, 2.24) is 0 Å². The molecule has 1 amide bonds. The van der Waals surface area contributed by atoms with Gasteiger partial charge in [-0.2, -0.15) is 0 Å². The van der Waals surface area contributed by atoms with E-state index in [1.54, 1.807) is 12.1 Å². The molecule has 2 aromatic rings. The molecule has 2 nitrogen and oxygen atoms in total. The predicted octanol–water partition coefficient (Wildman–Crippen LogP) is 4.38. The Balaban J connectivity index is 2.22. The second-order valence-corrected chi connectivity index (χ2v) is 4.38. The van der Waals surface area contributed by atoms with E-state index >= 15 is 0 Å². The highest BCUT2D eigenvalue weighted by Crippen LogP contribution is 2.23. The molecule has 2 rings (SSSR count). The number of benzene rings is 2.